The van der Waals surface area contributed by atoms with Crippen LogP contribution in [0, 0.1) is 0 Å². The Morgan fingerprint density at radius 3 is 2.44 bits per heavy atom. The van der Waals surface area contributed by atoms with Gasteiger partial charge in [-0.1, -0.05) is 17.3 Å². The van der Waals surface area contributed by atoms with Gasteiger partial charge in [-0.15, -0.1) is 0 Å². The van der Waals surface area contributed by atoms with Gasteiger partial charge < -0.3 is 14.7 Å². The highest BCUT2D eigenvalue weighted by Crippen LogP contribution is 2.40. The minimum Gasteiger partial charge on any atom is -0.360 e. The molecule has 0 spiro atoms. The lowest BCUT2D eigenvalue weighted by molar-refractivity contribution is 0.0718. The quantitative estimate of drug-likeness (QED) is 0.817. The third-order valence-corrected chi connectivity index (χ3v) is 5.46. The number of amides is 2. The number of rotatable bonds is 7. The normalized spacial score (nSPS) is 19.0. The van der Waals surface area contributed by atoms with Gasteiger partial charge in [-0.3, -0.25) is 9.59 Å². The topological polar surface area (TPSA) is 75.4 Å². The summed E-state index contributed by atoms with van der Waals surface area (Å²) in [6.45, 7) is 0.527. The molecule has 0 unspecified atom stereocenters. The molecule has 6 heteroatoms. The SMILES string of the molecule is O=C(NC1CC1)c1ccc(CN(C(=O)c2cc(C3CC3)on2)C2CC2)cc1. The first-order valence-corrected chi connectivity index (χ1v) is 9.85. The Labute approximate surface area is 157 Å². The Balaban J connectivity index is 1.27. The van der Waals surface area contributed by atoms with Gasteiger partial charge in [0.25, 0.3) is 11.8 Å². The van der Waals surface area contributed by atoms with Crippen LogP contribution in [0.1, 0.15) is 76.6 Å². The molecule has 6 nitrogen and oxygen atoms in total. The van der Waals surface area contributed by atoms with E-state index in [0.717, 1.165) is 49.8 Å². The maximum Gasteiger partial charge on any atom is 0.276 e. The van der Waals surface area contributed by atoms with E-state index >= 15 is 0 Å². The van der Waals surface area contributed by atoms with Gasteiger partial charge in [0.15, 0.2) is 5.69 Å². The van der Waals surface area contributed by atoms with Crippen LogP contribution in [0.2, 0.25) is 0 Å². The number of benzene rings is 1. The highest BCUT2D eigenvalue weighted by Gasteiger charge is 2.35. The molecule has 3 aliphatic carbocycles. The lowest BCUT2D eigenvalue weighted by atomic mass is 10.1. The fraction of sp³-hybridized carbons (Fsp3) is 0.476. The number of carbonyl (C=O) groups is 2. The smallest absolute Gasteiger partial charge is 0.276 e. The zero-order valence-electron chi connectivity index (χ0n) is 15.2. The first-order valence-electron chi connectivity index (χ1n) is 9.85. The van der Waals surface area contributed by atoms with Crippen LogP contribution in [0.25, 0.3) is 0 Å². The summed E-state index contributed by atoms with van der Waals surface area (Å²) < 4.78 is 5.35. The number of nitrogens with one attached hydrogen (secondary N) is 1. The van der Waals surface area contributed by atoms with Crippen molar-refractivity contribution in [3.63, 3.8) is 0 Å². The average molecular weight is 365 g/mol. The summed E-state index contributed by atoms with van der Waals surface area (Å²) >= 11 is 0. The van der Waals surface area contributed by atoms with Gasteiger partial charge in [0, 0.05) is 36.2 Å². The lowest BCUT2D eigenvalue weighted by Gasteiger charge is -2.21. The third kappa shape index (κ3) is 3.75. The Morgan fingerprint density at radius 2 is 1.81 bits per heavy atom. The molecular weight excluding hydrogens is 342 g/mol. The van der Waals surface area contributed by atoms with Gasteiger partial charge in [0.1, 0.15) is 5.76 Å². The van der Waals surface area contributed by atoms with Crippen LogP contribution in [0.4, 0.5) is 0 Å². The fourth-order valence-corrected chi connectivity index (χ4v) is 3.31. The van der Waals surface area contributed by atoms with Gasteiger partial charge in [-0.05, 0) is 56.2 Å². The summed E-state index contributed by atoms with van der Waals surface area (Å²) in [5.41, 5.74) is 2.09. The molecule has 0 bridgehead atoms. The number of hydrogen-bond donors (Lipinski definition) is 1. The van der Waals surface area contributed by atoms with E-state index in [2.05, 4.69) is 10.5 Å². The molecule has 0 atom stereocenters. The molecular formula is C21H23N3O3. The number of nitrogens with zero attached hydrogens (tertiary/aromatic N) is 2. The van der Waals surface area contributed by atoms with Crippen molar-refractivity contribution in [2.24, 2.45) is 0 Å². The molecule has 5 rings (SSSR count). The molecule has 27 heavy (non-hydrogen) atoms. The van der Waals surface area contributed by atoms with E-state index in [1.54, 1.807) is 6.07 Å². The van der Waals surface area contributed by atoms with Gasteiger partial charge in [0.2, 0.25) is 0 Å². The molecule has 3 fully saturated rings. The maximum atomic E-state index is 12.9. The zero-order valence-corrected chi connectivity index (χ0v) is 15.2. The minimum atomic E-state index is -0.0660. The summed E-state index contributed by atoms with van der Waals surface area (Å²) in [5.74, 6) is 1.20. The molecule has 140 valence electrons. The van der Waals surface area contributed by atoms with Crippen molar-refractivity contribution in [1.29, 1.82) is 0 Å². The van der Waals surface area contributed by atoms with Crippen LogP contribution < -0.4 is 5.32 Å². The fourth-order valence-electron chi connectivity index (χ4n) is 3.31. The minimum absolute atomic E-state index is 0.0191. The number of aromatic nitrogens is 1. The molecule has 1 N–H and O–H groups in total. The van der Waals surface area contributed by atoms with Crippen LogP contribution in [-0.4, -0.2) is 34.0 Å². The third-order valence-electron chi connectivity index (χ3n) is 5.46. The molecule has 1 heterocycles. The van der Waals surface area contributed by atoms with E-state index in [9.17, 15) is 9.59 Å². The van der Waals surface area contributed by atoms with Crippen molar-refractivity contribution in [3.8, 4) is 0 Å². The second kappa shape index (κ2) is 6.51. The summed E-state index contributed by atoms with van der Waals surface area (Å²) in [5, 5.41) is 6.99. The highest BCUT2D eigenvalue weighted by atomic mass is 16.5. The van der Waals surface area contributed by atoms with Crippen molar-refractivity contribution in [2.45, 2.75) is 63.1 Å². The Morgan fingerprint density at radius 1 is 1.07 bits per heavy atom. The van der Waals surface area contributed by atoms with Crippen molar-refractivity contribution >= 4 is 11.8 Å². The van der Waals surface area contributed by atoms with Crippen LogP contribution in [0.3, 0.4) is 0 Å². The molecule has 0 aliphatic heterocycles. The Hall–Kier alpha value is -2.63. The van der Waals surface area contributed by atoms with Gasteiger partial charge >= 0.3 is 0 Å². The molecule has 1 aromatic heterocycles. The molecule has 1 aromatic carbocycles. The highest BCUT2D eigenvalue weighted by molar-refractivity contribution is 5.94. The average Bonchev–Trinajstić information content (AvgIpc) is 3.52. The standard InChI is InChI=1S/C21H23N3O3/c25-20(22-16-7-8-16)15-3-1-13(2-4-15)12-24(17-9-10-17)21(26)18-11-19(27-23-18)14-5-6-14/h1-4,11,14,16-17H,5-10,12H2,(H,22,25). The second-order valence-electron chi connectivity index (χ2n) is 8.00. The van der Waals surface area contributed by atoms with E-state index in [0.29, 0.717) is 29.8 Å². The molecule has 2 aromatic rings. The van der Waals surface area contributed by atoms with Crippen molar-refractivity contribution in [2.75, 3.05) is 0 Å². The van der Waals surface area contributed by atoms with E-state index in [1.165, 1.54) is 0 Å². The Kier molecular flexibility index (Phi) is 3.99. The van der Waals surface area contributed by atoms with E-state index < -0.39 is 0 Å². The Bertz CT molecular complexity index is 861. The maximum absolute atomic E-state index is 12.9. The van der Waals surface area contributed by atoms with Gasteiger partial charge in [-0.25, -0.2) is 0 Å². The lowest BCUT2D eigenvalue weighted by Crippen LogP contribution is -2.32. The van der Waals surface area contributed by atoms with Crippen LogP contribution in [-0.2, 0) is 6.54 Å². The largest absolute Gasteiger partial charge is 0.360 e. The van der Waals surface area contributed by atoms with Crippen LogP contribution in [0.15, 0.2) is 34.9 Å². The molecule has 0 radical (unpaired) electrons. The second-order valence-corrected chi connectivity index (χ2v) is 8.00. The van der Waals surface area contributed by atoms with Crippen molar-refractivity contribution in [1.82, 2.24) is 15.4 Å². The van der Waals surface area contributed by atoms with E-state index in [-0.39, 0.29) is 17.9 Å². The molecule has 3 aliphatic rings. The van der Waals surface area contributed by atoms with Crippen LogP contribution >= 0.6 is 0 Å². The summed E-state index contributed by atoms with van der Waals surface area (Å²) in [6.07, 6.45) is 6.45. The predicted octanol–water partition coefficient (Wildman–Crippen LogP) is 3.25. The van der Waals surface area contributed by atoms with E-state index in [1.807, 2.05) is 29.2 Å². The van der Waals surface area contributed by atoms with E-state index in [4.69, 9.17) is 4.52 Å². The summed E-state index contributed by atoms with van der Waals surface area (Å²) in [4.78, 5) is 26.9. The van der Waals surface area contributed by atoms with Gasteiger partial charge in [-0.2, -0.15) is 0 Å². The van der Waals surface area contributed by atoms with Crippen LogP contribution in [0.5, 0.6) is 0 Å². The summed E-state index contributed by atoms with van der Waals surface area (Å²) in [6, 6.07) is 9.97. The zero-order chi connectivity index (χ0) is 18.4. The predicted molar refractivity (Wildman–Crippen MR) is 98.3 cm³/mol. The number of hydrogen-bond acceptors (Lipinski definition) is 4. The van der Waals surface area contributed by atoms with Crippen molar-refractivity contribution < 1.29 is 14.1 Å². The molecule has 3 saturated carbocycles. The number of carbonyl (C=O) groups excluding carboxylic acids is 2. The first-order chi connectivity index (χ1) is 13.2. The van der Waals surface area contributed by atoms with Gasteiger partial charge in [0.05, 0.1) is 0 Å². The van der Waals surface area contributed by atoms with Crippen molar-refractivity contribution in [3.05, 3.63) is 52.9 Å². The monoisotopic (exact) mass is 365 g/mol. The summed E-state index contributed by atoms with van der Waals surface area (Å²) in [7, 11) is 0. The molecule has 0 saturated heterocycles. The first kappa shape index (κ1) is 16.5. The molecule has 2 amide bonds.